The van der Waals surface area contributed by atoms with Gasteiger partial charge >= 0.3 is 0 Å². The summed E-state index contributed by atoms with van der Waals surface area (Å²) in [6.45, 7) is 4.19. The third kappa shape index (κ3) is 1.30. The summed E-state index contributed by atoms with van der Waals surface area (Å²) in [4.78, 5) is 4.48. The first kappa shape index (κ1) is 8.23. The Bertz CT molecular complexity index is 417. The zero-order valence-electron chi connectivity index (χ0n) is 7.99. The zero-order chi connectivity index (χ0) is 9.26. The number of fused-ring (bicyclic) bond motifs is 1. The molecule has 0 N–H and O–H groups in total. The molecule has 0 atom stereocenters. The maximum atomic E-state index is 4.48. The second kappa shape index (κ2) is 3.17. The maximum absolute atomic E-state index is 4.48. The van der Waals surface area contributed by atoms with Crippen molar-refractivity contribution < 1.29 is 0 Å². The highest BCUT2D eigenvalue weighted by Crippen LogP contribution is 2.09. The van der Waals surface area contributed by atoms with E-state index in [1.54, 1.807) is 0 Å². The van der Waals surface area contributed by atoms with Gasteiger partial charge < -0.3 is 0 Å². The van der Waals surface area contributed by atoms with Gasteiger partial charge in [-0.3, -0.25) is 0 Å². The minimum atomic E-state index is 0.890. The number of hydrogen-bond acceptors (Lipinski definition) is 2. The van der Waals surface area contributed by atoms with Crippen molar-refractivity contribution in [3.8, 4) is 0 Å². The minimum absolute atomic E-state index is 0.890. The van der Waals surface area contributed by atoms with Crippen molar-refractivity contribution in [2.75, 3.05) is 0 Å². The zero-order valence-corrected chi connectivity index (χ0v) is 7.99. The molecule has 0 unspecified atom stereocenters. The van der Waals surface area contributed by atoms with E-state index >= 15 is 0 Å². The van der Waals surface area contributed by atoms with Crippen LogP contribution < -0.4 is 0 Å². The van der Waals surface area contributed by atoms with Gasteiger partial charge in [0.25, 0.3) is 0 Å². The fourth-order valence-corrected chi connectivity index (χ4v) is 1.46. The van der Waals surface area contributed by atoms with Gasteiger partial charge in [0.2, 0.25) is 0 Å². The molecule has 0 bridgehead atoms. The lowest BCUT2D eigenvalue weighted by Gasteiger charge is -2.03. The van der Waals surface area contributed by atoms with Gasteiger partial charge in [-0.25, -0.2) is 9.50 Å². The second-order valence-corrected chi connectivity index (χ2v) is 3.02. The van der Waals surface area contributed by atoms with Crippen LogP contribution in [0.5, 0.6) is 0 Å². The number of aromatic nitrogens is 3. The van der Waals surface area contributed by atoms with Crippen LogP contribution in [-0.2, 0) is 12.8 Å². The lowest BCUT2D eigenvalue weighted by molar-refractivity contribution is 0.786. The Balaban J connectivity index is 2.70. The van der Waals surface area contributed by atoms with Gasteiger partial charge in [-0.2, -0.15) is 5.10 Å². The van der Waals surface area contributed by atoms with Crippen molar-refractivity contribution in [2.45, 2.75) is 26.7 Å². The van der Waals surface area contributed by atoms with Crippen LogP contribution >= 0.6 is 0 Å². The number of aryl methyl sites for hydroxylation is 2. The largest absolute Gasteiger partial charge is 0.237 e. The summed E-state index contributed by atoms with van der Waals surface area (Å²) in [5, 5.41) is 4.37. The van der Waals surface area contributed by atoms with E-state index in [4.69, 9.17) is 0 Å². The van der Waals surface area contributed by atoms with Crippen LogP contribution in [0, 0.1) is 0 Å². The Kier molecular flexibility index (Phi) is 2.00. The molecule has 0 aromatic carbocycles. The van der Waals surface area contributed by atoms with E-state index in [0.717, 1.165) is 29.9 Å². The summed E-state index contributed by atoms with van der Waals surface area (Å²) in [5.41, 5.74) is 2.26. The average Bonchev–Trinajstić information content (AvgIpc) is 2.63. The number of hydrogen-bond donors (Lipinski definition) is 0. The van der Waals surface area contributed by atoms with Crippen LogP contribution in [0.25, 0.3) is 5.52 Å². The monoisotopic (exact) mass is 175 g/mol. The van der Waals surface area contributed by atoms with Crippen molar-refractivity contribution in [3.63, 3.8) is 0 Å². The highest BCUT2D eigenvalue weighted by atomic mass is 15.2. The molecule has 3 heteroatoms. The summed E-state index contributed by atoms with van der Waals surface area (Å²) in [5.74, 6) is 0.917. The van der Waals surface area contributed by atoms with E-state index in [2.05, 4.69) is 30.0 Å². The van der Waals surface area contributed by atoms with E-state index in [-0.39, 0.29) is 0 Å². The maximum Gasteiger partial charge on any atom is 0.149 e. The van der Waals surface area contributed by atoms with E-state index in [9.17, 15) is 0 Å². The van der Waals surface area contributed by atoms with E-state index in [0.29, 0.717) is 0 Å². The Morgan fingerprint density at radius 2 is 2.15 bits per heavy atom. The van der Waals surface area contributed by atoms with Gasteiger partial charge in [-0.05, 0) is 18.6 Å². The Morgan fingerprint density at radius 1 is 1.31 bits per heavy atom. The quantitative estimate of drug-likeness (QED) is 0.697. The van der Waals surface area contributed by atoms with E-state index < -0.39 is 0 Å². The molecule has 2 heterocycles. The van der Waals surface area contributed by atoms with Gasteiger partial charge in [0.1, 0.15) is 5.82 Å². The fourth-order valence-electron chi connectivity index (χ4n) is 1.46. The fraction of sp³-hybridized carbons (Fsp3) is 0.400. The van der Waals surface area contributed by atoms with Crippen LogP contribution in [0.3, 0.4) is 0 Å². The first-order valence-corrected chi connectivity index (χ1v) is 4.68. The van der Waals surface area contributed by atoms with Crippen molar-refractivity contribution in [1.29, 1.82) is 0 Å². The van der Waals surface area contributed by atoms with Crippen LogP contribution in [0.2, 0.25) is 0 Å². The highest BCUT2D eigenvalue weighted by Gasteiger charge is 2.03. The molecular formula is C10H13N3. The summed E-state index contributed by atoms with van der Waals surface area (Å²) >= 11 is 0. The molecule has 0 saturated heterocycles. The molecule has 2 rings (SSSR count). The molecule has 0 radical (unpaired) electrons. The first-order chi connectivity index (χ1) is 6.35. The third-order valence-electron chi connectivity index (χ3n) is 2.16. The molecule has 3 nitrogen and oxygen atoms in total. The van der Waals surface area contributed by atoms with Crippen LogP contribution in [0.15, 0.2) is 18.3 Å². The number of rotatable bonds is 2. The molecule has 0 spiro atoms. The van der Waals surface area contributed by atoms with Gasteiger partial charge in [0.15, 0.2) is 0 Å². The molecule has 0 amide bonds. The molecular weight excluding hydrogens is 162 g/mol. The Labute approximate surface area is 77.4 Å². The molecule has 0 aliphatic heterocycles. The summed E-state index contributed by atoms with van der Waals surface area (Å²) < 4.78 is 1.91. The van der Waals surface area contributed by atoms with Crippen molar-refractivity contribution in [1.82, 2.24) is 14.6 Å². The van der Waals surface area contributed by atoms with Crippen LogP contribution in [-0.4, -0.2) is 14.6 Å². The molecule has 13 heavy (non-hydrogen) atoms. The average molecular weight is 175 g/mol. The smallest absolute Gasteiger partial charge is 0.149 e. The normalized spacial score (nSPS) is 10.9. The SMILES string of the molecule is CCc1nc(CC)c2cccn2n1. The molecule has 2 aromatic heterocycles. The lowest BCUT2D eigenvalue weighted by atomic mass is 10.3. The molecule has 0 saturated carbocycles. The van der Waals surface area contributed by atoms with Crippen molar-refractivity contribution in [3.05, 3.63) is 29.8 Å². The molecule has 0 aliphatic rings. The molecule has 68 valence electrons. The van der Waals surface area contributed by atoms with Crippen LogP contribution in [0.4, 0.5) is 0 Å². The predicted molar refractivity (Wildman–Crippen MR) is 51.7 cm³/mol. The number of nitrogens with zero attached hydrogens (tertiary/aromatic N) is 3. The lowest BCUT2D eigenvalue weighted by Crippen LogP contribution is -2.03. The molecule has 2 aromatic rings. The summed E-state index contributed by atoms with van der Waals surface area (Å²) in [6.07, 6.45) is 3.82. The minimum Gasteiger partial charge on any atom is -0.237 e. The second-order valence-electron chi connectivity index (χ2n) is 3.02. The Morgan fingerprint density at radius 3 is 2.85 bits per heavy atom. The summed E-state index contributed by atoms with van der Waals surface area (Å²) in [7, 11) is 0. The molecule has 0 aliphatic carbocycles. The topological polar surface area (TPSA) is 30.2 Å². The Hall–Kier alpha value is -1.38. The van der Waals surface area contributed by atoms with E-state index in [1.165, 1.54) is 0 Å². The molecule has 0 fully saturated rings. The first-order valence-electron chi connectivity index (χ1n) is 4.68. The highest BCUT2D eigenvalue weighted by molar-refractivity contribution is 5.51. The van der Waals surface area contributed by atoms with Gasteiger partial charge in [0, 0.05) is 12.6 Å². The third-order valence-corrected chi connectivity index (χ3v) is 2.16. The summed E-state index contributed by atoms with van der Waals surface area (Å²) in [6, 6.07) is 4.06. The van der Waals surface area contributed by atoms with Crippen molar-refractivity contribution in [2.24, 2.45) is 0 Å². The van der Waals surface area contributed by atoms with Gasteiger partial charge in [-0.15, -0.1) is 0 Å². The van der Waals surface area contributed by atoms with Crippen LogP contribution in [0.1, 0.15) is 25.4 Å². The van der Waals surface area contributed by atoms with Crippen molar-refractivity contribution >= 4 is 5.52 Å². The standard InChI is InChI=1S/C10H13N3/c1-3-8-9-6-5-7-13(9)12-10(4-2)11-8/h5-7H,3-4H2,1-2H3. The van der Waals surface area contributed by atoms with Gasteiger partial charge in [-0.1, -0.05) is 13.8 Å². The predicted octanol–water partition coefficient (Wildman–Crippen LogP) is 1.85. The van der Waals surface area contributed by atoms with Gasteiger partial charge in [0.05, 0.1) is 11.2 Å². The van der Waals surface area contributed by atoms with E-state index in [1.807, 2.05) is 16.8 Å².